The lowest BCUT2D eigenvalue weighted by molar-refractivity contribution is 0.0972. The van der Waals surface area contributed by atoms with Crippen LogP contribution in [0.2, 0.25) is 20.1 Å². The predicted octanol–water partition coefficient (Wildman–Crippen LogP) is 6.22. The first-order chi connectivity index (χ1) is 18.8. The summed E-state index contributed by atoms with van der Waals surface area (Å²) in [4.78, 5) is 23.5. The molecule has 4 aromatic carbocycles. The van der Waals surface area contributed by atoms with E-state index in [2.05, 4.69) is 0 Å². The number of sulfonamides is 2. The van der Waals surface area contributed by atoms with E-state index in [1.165, 1.54) is 60.7 Å². The Kier molecular flexibility index (Phi) is 10.6. The van der Waals surface area contributed by atoms with Gasteiger partial charge in [-0.05, 0) is 60.7 Å². The van der Waals surface area contributed by atoms with Gasteiger partial charge < -0.3 is 0 Å². The predicted molar refractivity (Wildman–Crippen MR) is 155 cm³/mol. The molecule has 0 unspecified atom stereocenters. The van der Waals surface area contributed by atoms with Gasteiger partial charge in [0.15, 0.2) is 0 Å². The summed E-state index contributed by atoms with van der Waals surface area (Å²) >= 11 is 23.1. The van der Waals surface area contributed by atoms with Crippen molar-refractivity contribution in [2.45, 2.75) is 9.79 Å². The van der Waals surface area contributed by atoms with Crippen LogP contribution >= 0.6 is 46.4 Å². The summed E-state index contributed by atoms with van der Waals surface area (Å²) in [6.45, 7) is 0. The Hall–Kier alpha value is -3.12. The molecule has 4 rings (SSSR count). The van der Waals surface area contributed by atoms with Crippen LogP contribution in [0.15, 0.2) is 107 Å². The minimum Gasteiger partial charge on any atom is -0.268 e. The second kappa shape index (κ2) is 13.5. The van der Waals surface area contributed by atoms with Crippen LogP contribution in [0, 0.1) is 0 Å². The Morgan fingerprint density at radius 2 is 0.850 bits per heavy atom. The van der Waals surface area contributed by atoms with Crippen molar-refractivity contribution in [3.63, 3.8) is 0 Å². The number of nitrogens with one attached hydrogen (secondary N) is 2. The van der Waals surface area contributed by atoms with E-state index < -0.39 is 31.9 Å². The Bertz CT molecular complexity index is 1650. The average Bonchev–Trinajstić information content (AvgIpc) is 2.89. The van der Waals surface area contributed by atoms with Crippen LogP contribution in [0.25, 0.3) is 0 Å². The zero-order chi connectivity index (χ0) is 29.5. The molecule has 0 aliphatic rings. The summed E-state index contributed by atoms with van der Waals surface area (Å²) in [6.07, 6.45) is 0. The summed E-state index contributed by atoms with van der Waals surface area (Å²) in [7, 11) is -8.05. The second-order valence-corrected chi connectivity index (χ2v) is 12.7. The summed E-state index contributed by atoms with van der Waals surface area (Å²) in [5, 5.41) is 0.762. The van der Waals surface area contributed by atoms with E-state index in [9.17, 15) is 26.4 Å². The van der Waals surface area contributed by atoms with Crippen LogP contribution in [0.3, 0.4) is 0 Å². The smallest absolute Gasteiger partial charge is 0.265 e. The van der Waals surface area contributed by atoms with Crippen LogP contribution in [-0.2, 0) is 20.0 Å². The minimum atomic E-state index is -4.03. The van der Waals surface area contributed by atoms with Gasteiger partial charge in [0.1, 0.15) is 9.79 Å². The van der Waals surface area contributed by atoms with Gasteiger partial charge in [-0.2, -0.15) is 0 Å². The van der Waals surface area contributed by atoms with E-state index in [-0.39, 0.29) is 31.0 Å². The Balaban J connectivity index is 0.000000220. The molecular formula is C26H18Cl4N2O6S2. The average molecular weight is 660 g/mol. The number of hydrogen-bond acceptors (Lipinski definition) is 6. The number of rotatable bonds is 6. The minimum absolute atomic E-state index is 0.0406. The Labute approximate surface area is 250 Å². The fourth-order valence-electron chi connectivity index (χ4n) is 3.06. The maximum atomic E-state index is 12.1. The molecule has 40 heavy (non-hydrogen) atoms. The van der Waals surface area contributed by atoms with Gasteiger partial charge in [-0.25, -0.2) is 26.3 Å². The van der Waals surface area contributed by atoms with Crippen molar-refractivity contribution in [2.75, 3.05) is 0 Å². The molecule has 0 fully saturated rings. The van der Waals surface area contributed by atoms with Crippen molar-refractivity contribution >= 4 is 78.3 Å². The molecule has 14 heteroatoms. The maximum absolute atomic E-state index is 12.1. The molecule has 0 aromatic heterocycles. The molecule has 2 amide bonds. The molecule has 2 N–H and O–H groups in total. The molecule has 0 saturated carbocycles. The highest BCUT2D eigenvalue weighted by Gasteiger charge is 2.22. The fraction of sp³-hybridized carbons (Fsp3) is 0. The number of hydrogen-bond donors (Lipinski definition) is 2. The molecule has 208 valence electrons. The van der Waals surface area contributed by atoms with Crippen molar-refractivity contribution in [1.82, 2.24) is 9.44 Å². The Morgan fingerprint density at radius 3 is 1.18 bits per heavy atom. The zero-order valence-corrected chi connectivity index (χ0v) is 24.7. The van der Waals surface area contributed by atoms with E-state index in [1.807, 2.05) is 9.44 Å². The molecular weight excluding hydrogens is 642 g/mol. The molecule has 0 aliphatic carbocycles. The third-order valence-electron chi connectivity index (χ3n) is 4.88. The van der Waals surface area contributed by atoms with Crippen LogP contribution in [0.5, 0.6) is 0 Å². The topological polar surface area (TPSA) is 126 Å². The van der Waals surface area contributed by atoms with Gasteiger partial charge in [0.25, 0.3) is 31.9 Å². The number of halogens is 4. The van der Waals surface area contributed by atoms with E-state index in [0.29, 0.717) is 10.0 Å². The van der Waals surface area contributed by atoms with E-state index >= 15 is 0 Å². The van der Waals surface area contributed by atoms with Crippen molar-refractivity contribution in [2.24, 2.45) is 0 Å². The van der Waals surface area contributed by atoms with Crippen molar-refractivity contribution in [3.8, 4) is 0 Å². The van der Waals surface area contributed by atoms with Crippen LogP contribution in [0.1, 0.15) is 20.7 Å². The van der Waals surface area contributed by atoms with Gasteiger partial charge in [0.2, 0.25) is 0 Å². The third-order valence-corrected chi connectivity index (χ3v) is 9.01. The first kappa shape index (κ1) is 31.4. The first-order valence-corrected chi connectivity index (χ1v) is 15.4. The summed E-state index contributed by atoms with van der Waals surface area (Å²) in [5.74, 6) is -1.54. The van der Waals surface area contributed by atoms with Crippen molar-refractivity contribution < 1.29 is 26.4 Å². The highest BCUT2D eigenvalue weighted by molar-refractivity contribution is 7.90. The molecule has 0 heterocycles. The van der Waals surface area contributed by atoms with E-state index in [1.54, 1.807) is 36.4 Å². The quantitative estimate of drug-likeness (QED) is 0.253. The number of amides is 2. The van der Waals surface area contributed by atoms with Crippen LogP contribution < -0.4 is 9.44 Å². The standard InChI is InChI=1S/2C13H9Cl2NO3S/c2*14-10-5-3-4-9(8-10)13(17)16-20(18,19)12-7-2-1-6-11(12)15/h2*1-8H,(H,16,17). The molecule has 0 spiro atoms. The molecule has 4 aromatic rings. The van der Waals surface area contributed by atoms with Gasteiger partial charge in [-0.3, -0.25) is 9.59 Å². The lowest BCUT2D eigenvalue weighted by atomic mass is 10.2. The van der Waals surface area contributed by atoms with Crippen molar-refractivity contribution in [3.05, 3.63) is 128 Å². The lowest BCUT2D eigenvalue weighted by Gasteiger charge is -2.08. The van der Waals surface area contributed by atoms with Gasteiger partial charge in [0.05, 0.1) is 10.0 Å². The summed E-state index contributed by atoms with van der Waals surface area (Å²) in [5.41, 5.74) is 0.293. The van der Waals surface area contributed by atoms with E-state index in [0.717, 1.165) is 0 Å². The number of carbonyl (C=O) groups excluding carboxylic acids is 2. The lowest BCUT2D eigenvalue weighted by Crippen LogP contribution is -2.30. The number of benzene rings is 4. The van der Waals surface area contributed by atoms with Crippen LogP contribution in [-0.4, -0.2) is 28.6 Å². The Morgan fingerprint density at radius 1 is 0.500 bits per heavy atom. The fourth-order valence-corrected chi connectivity index (χ4v) is 6.43. The molecule has 8 nitrogen and oxygen atoms in total. The van der Waals surface area contributed by atoms with E-state index in [4.69, 9.17) is 46.4 Å². The highest BCUT2D eigenvalue weighted by Crippen LogP contribution is 2.22. The molecule has 0 atom stereocenters. The number of carbonyl (C=O) groups is 2. The normalized spacial score (nSPS) is 11.1. The second-order valence-electron chi connectivity index (χ2n) is 7.75. The van der Waals surface area contributed by atoms with Gasteiger partial charge in [0, 0.05) is 21.2 Å². The van der Waals surface area contributed by atoms with Gasteiger partial charge in [-0.15, -0.1) is 0 Å². The molecule has 0 aliphatic heterocycles. The first-order valence-electron chi connectivity index (χ1n) is 10.9. The molecule has 0 radical (unpaired) electrons. The summed E-state index contributed by atoms with van der Waals surface area (Å²) < 4.78 is 52.2. The molecule has 0 saturated heterocycles. The highest BCUT2D eigenvalue weighted by atomic mass is 35.5. The SMILES string of the molecule is O=C(NS(=O)(=O)c1ccccc1Cl)c1cccc(Cl)c1.O=C(NS(=O)(=O)c1ccccc1Cl)c1cccc(Cl)c1. The van der Waals surface area contributed by atoms with Crippen LogP contribution in [0.4, 0.5) is 0 Å². The monoisotopic (exact) mass is 658 g/mol. The van der Waals surface area contributed by atoms with Crippen molar-refractivity contribution in [1.29, 1.82) is 0 Å². The molecule has 0 bridgehead atoms. The third kappa shape index (κ3) is 8.44. The largest absolute Gasteiger partial charge is 0.268 e. The van der Waals surface area contributed by atoms with Gasteiger partial charge in [-0.1, -0.05) is 82.8 Å². The zero-order valence-electron chi connectivity index (χ0n) is 20.0. The maximum Gasteiger partial charge on any atom is 0.265 e. The summed E-state index contributed by atoms with van der Waals surface area (Å²) in [6, 6.07) is 23.7. The van der Waals surface area contributed by atoms with Gasteiger partial charge >= 0.3 is 0 Å².